The van der Waals surface area contributed by atoms with E-state index in [1.54, 1.807) is 35.2 Å². The van der Waals surface area contributed by atoms with Gasteiger partial charge in [0, 0.05) is 29.4 Å². The maximum atomic E-state index is 12.3. The Morgan fingerprint density at radius 1 is 1.13 bits per heavy atom. The summed E-state index contributed by atoms with van der Waals surface area (Å²) < 4.78 is 0. The summed E-state index contributed by atoms with van der Waals surface area (Å²) in [6.07, 6.45) is 1.42. The van der Waals surface area contributed by atoms with Crippen LogP contribution in [0.5, 0.6) is 0 Å². The van der Waals surface area contributed by atoms with Crippen molar-refractivity contribution in [3.8, 4) is 0 Å². The van der Waals surface area contributed by atoms with Gasteiger partial charge < -0.3 is 10.2 Å². The monoisotopic (exact) mass is 348 g/mol. The highest BCUT2D eigenvalue weighted by Gasteiger charge is 2.22. The van der Waals surface area contributed by atoms with E-state index in [9.17, 15) is 9.59 Å². The molecule has 0 aliphatic carbocycles. The number of hydrogen-bond acceptors (Lipinski definition) is 2. The average molecular weight is 349 g/mol. The number of halogens is 2. The molecule has 1 aliphatic rings. The van der Waals surface area contributed by atoms with E-state index in [2.05, 4.69) is 5.32 Å². The molecule has 0 atom stereocenters. The Bertz CT molecular complexity index is 777. The number of hydrogen-bond donors (Lipinski definition) is 1. The zero-order chi connectivity index (χ0) is 16.4. The molecule has 6 heteroatoms. The van der Waals surface area contributed by atoms with Gasteiger partial charge in [0.15, 0.2) is 0 Å². The summed E-state index contributed by atoms with van der Waals surface area (Å²) in [7, 11) is 0. The van der Waals surface area contributed by atoms with Crippen molar-refractivity contribution in [2.24, 2.45) is 0 Å². The van der Waals surface area contributed by atoms with Crippen LogP contribution in [0.2, 0.25) is 10.0 Å². The second-order valence-corrected chi connectivity index (χ2v) is 6.12. The molecule has 118 valence electrons. The fourth-order valence-corrected chi connectivity index (χ4v) is 2.92. The van der Waals surface area contributed by atoms with Crippen LogP contribution in [0.1, 0.15) is 23.2 Å². The molecule has 0 radical (unpaired) electrons. The molecule has 1 fully saturated rings. The lowest BCUT2D eigenvalue weighted by Gasteiger charge is -2.17. The fraction of sp³-hybridized carbons (Fsp3) is 0.176. The first-order chi connectivity index (χ1) is 11.0. The third-order valence-corrected chi connectivity index (χ3v) is 4.23. The van der Waals surface area contributed by atoms with E-state index in [1.165, 1.54) is 6.07 Å². The van der Waals surface area contributed by atoms with E-state index in [1.807, 2.05) is 6.07 Å². The summed E-state index contributed by atoms with van der Waals surface area (Å²) in [4.78, 5) is 25.9. The Labute approximate surface area is 144 Å². The molecule has 1 aliphatic heterocycles. The molecule has 2 aromatic carbocycles. The number of amides is 2. The largest absolute Gasteiger partial charge is 0.322 e. The summed E-state index contributed by atoms with van der Waals surface area (Å²) >= 11 is 11.9. The van der Waals surface area contributed by atoms with Crippen LogP contribution in [0.15, 0.2) is 42.5 Å². The van der Waals surface area contributed by atoms with Crippen LogP contribution in [0.25, 0.3) is 0 Å². The minimum absolute atomic E-state index is 0.103. The molecule has 1 N–H and O–H groups in total. The fourth-order valence-electron chi connectivity index (χ4n) is 2.54. The highest BCUT2D eigenvalue weighted by Crippen LogP contribution is 2.26. The second-order valence-electron chi connectivity index (χ2n) is 5.28. The van der Waals surface area contributed by atoms with Gasteiger partial charge in [-0.25, -0.2) is 0 Å². The van der Waals surface area contributed by atoms with Gasteiger partial charge in [0.25, 0.3) is 5.91 Å². The van der Waals surface area contributed by atoms with Gasteiger partial charge in [-0.2, -0.15) is 0 Å². The highest BCUT2D eigenvalue weighted by molar-refractivity contribution is 6.36. The number of nitrogens with one attached hydrogen (secondary N) is 1. The lowest BCUT2D eigenvalue weighted by atomic mass is 10.2. The zero-order valence-corrected chi connectivity index (χ0v) is 13.7. The van der Waals surface area contributed by atoms with E-state index in [4.69, 9.17) is 23.2 Å². The summed E-state index contributed by atoms with van der Waals surface area (Å²) in [6, 6.07) is 11.9. The molecule has 1 heterocycles. The topological polar surface area (TPSA) is 49.4 Å². The Balaban J connectivity index is 1.81. The normalized spacial score (nSPS) is 14.2. The highest BCUT2D eigenvalue weighted by atomic mass is 35.5. The molecule has 0 aromatic heterocycles. The number of rotatable bonds is 3. The van der Waals surface area contributed by atoms with Gasteiger partial charge in [0.2, 0.25) is 5.91 Å². The van der Waals surface area contributed by atoms with E-state index >= 15 is 0 Å². The van der Waals surface area contributed by atoms with Crippen molar-refractivity contribution in [3.63, 3.8) is 0 Å². The van der Waals surface area contributed by atoms with Gasteiger partial charge in [-0.3, -0.25) is 9.59 Å². The van der Waals surface area contributed by atoms with Gasteiger partial charge in [-0.1, -0.05) is 29.3 Å². The summed E-state index contributed by atoms with van der Waals surface area (Å²) in [5.74, 6) is -0.242. The van der Waals surface area contributed by atoms with Crippen LogP contribution < -0.4 is 10.2 Å². The van der Waals surface area contributed by atoms with Crippen molar-refractivity contribution in [1.82, 2.24) is 0 Å². The lowest BCUT2D eigenvalue weighted by molar-refractivity contribution is -0.117. The quantitative estimate of drug-likeness (QED) is 0.894. The average Bonchev–Trinajstić information content (AvgIpc) is 2.96. The molecular weight excluding hydrogens is 335 g/mol. The van der Waals surface area contributed by atoms with Crippen molar-refractivity contribution in [2.45, 2.75) is 12.8 Å². The standard InChI is InChI=1S/C17H14Cl2N2O2/c18-11-6-7-15(19)14(9-11)17(23)20-12-3-1-4-13(10-12)21-8-2-5-16(21)22/h1,3-4,6-7,9-10H,2,5,8H2,(H,20,23). The first-order valence-corrected chi connectivity index (χ1v) is 7.97. The summed E-state index contributed by atoms with van der Waals surface area (Å²) in [6.45, 7) is 0.705. The van der Waals surface area contributed by atoms with E-state index < -0.39 is 0 Å². The SMILES string of the molecule is O=C(Nc1cccc(N2CCCC2=O)c1)c1cc(Cl)ccc1Cl. The van der Waals surface area contributed by atoms with Crippen LogP contribution in [0.4, 0.5) is 11.4 Å². The molecule has 2 aromatic rings. The molecule has 2 amide bonds. The molecule has 0 unspecified atom stereocenters. The Morgan fingerprint density at radius 3 is 2.70 bits per heavy atom. The molecule has 4 nitrogen and oxygen atoms in total. The van der Waals surface area contributed by atoms with Crippen LogP contribution in [-0.4, -0.2) is 18.4 Å². The van der Waals surface area contributed by atoms with Crippen LogP contribution in [0, 0.1) is 0 Å². The van der Waals surface area contributed by atoms with E-state index in [-0.39, 0.29) is 11.8 Å². The molecular formula is C17H14Cl2N2O2. The molecule has 0 spiro atoms. The second kappa shape index (κ2) is 6.60. The van der Waals surface area contributed by atoms with E-state index in [0.29, 0.717) is 34.3 Å². The van der Waals surface area contributed by atoms with Gasteiger partial charge in [0.05, 0.1) is 10.6 Å². The van der Waals surface area contributed by atoms with Crippen molar-refractivity contribution in [2.75, 3.05) is 16.8 Å². The van der Waals surface area contributed by atoms with Gasteiger partial charge >= 0.3 is 0 Å². The maximum absolute atomic E-state index is 12.3. The minimum atomic E-state index is -0.345. The van der Waals surface area contributed by atoms with Crippen LogP contribution >= 0.6 is 23.2 Å². The molecule has 0 saturated carbocycles. The Kier molecular flexibility index (Phi) is 4.55. The number of nitrogens with zero attached hydrogens (tertiary/aromatic N) is 1. The lowest BCUT2D eigenvalue weighted by Crippen LogP contribution is -2.23. The molecule has 1 saturated heterocycles. The number of benzene rings is 2. The van der Waals surface area contributed by atoms with Crippen LogP contribution in [-0.2, 0) is 4.79 Å². The van der Waals surface area contributed by atoms with Gasteiger partial charge in [-0.15, -0.1) is 0 Å². The van der Waals surface area contributed by atoms with Crippen molar-refractivity contribution in [1.29, 1.82) is 0 Å². The Morgan fingerprint density at radius 2 is 1.96 bits per heavy atom. The number of carbonyl (C=O) groups is 2. The zero-order valence-electron chi connectivity index (χ0n) is 12.2. The van der Waals surface area contributed by atoms with Gasteiger partial charge in [-0.05, 0) is 42.8 Å². The smallest absolute Gasteiger partial charge is 0.257 e. The first-order valence-electron chi connectivity index (χ1n) is 7.21. The Hall–Kier alpha value is -2.04. The van der Waals surface area contributed by atoms with E-state index in [0.717, 1.165) is 12.1 Å². The van der Waals surface area contributed by atoms with Crippen LogP contribution in [0.3, 0.4) is 0 Å². The molecule has 0 bridgehead atoms. The van der Waals surface area contributed by atoms with Crippen molar-refractivity contribution in [3.05, 3.63) is 58.1 Å². The first kappa shape index (κ1) is 15.8. The number of carbonyl (C=O) groups excluding carboxylic acids is 2. The molecule has 3 rings (SSSR count). The third kappa shape index (κ3) is 3.49. The third-order valence-electron chi connectivity index (χ3n) is 3.66. The predicted octanol–water partition coefficient (Wildman–Crippen LogP) is 4.37. The number of anilines is 2. The predicted molar refractivity (Wildman–Crippen MR) is 92.4 cm³/mol. The minimum Gasteiger partial charge on any atom is -0.322 e. The summed E-state index contributed by atoms with van der Waals surface area (Å²) in [5.41, 5.74) is 1.69. The van der Waals surface area contributed by atoms with Gasteiger partial charge in [0.1, 0.15) is 0 Å². The molecule has 23 heavy (non-hydrogen) atoms. The van der Waals surface area contributed by atoms with Crippen molar-refractivity contribution >= 4 is 46.4 Å². The summed E-state index contributed by atoms with van der Waals surface area (Å²) in [5, 5.41) is 3.56. The maximum Gasteiger partial charge on any atom is 0.257 e. The van der Waals surface area contributed by atoms with Crippen molar-refractivity contribution < 1.29 is 9.59 Å².